The molecule has 0 N–H and O–H groups in total. The Balaban J connectivity index is 1.86. The van der Waals surface area contributed by atoms with Crippen LogP contribution in [-0.4, -0.2) is 44.3 Å². The lowest BCUT2D eigenvalue weighted by Gasteiger charge is -2.23. The van der Waals surface area contributed by atoms with Crippen LogP contribution in [0.2, 0.25) is 0 Å². The smallest absolute Gasteiger partial charge is 0.274 e. The van der Waals surface area contributed by atoms with Crippen molar-refractivity contribution in [3.05, 3.63) is 35.9 Å². The predicted octanol–water partition coefficient (Wildman–Crippen LogP) is 3.39. The Bertz CT molecular complexity index is 667. The highest BCUT2D eigenvalue weighted by molar-refractivity contribution is 7.99. The lowest BCUT2D eigenvalue weighted by molar-refractivity contribution is 0.0760. The molecular weight excluding hydrogens is 294 g/mol. The van der Waals surface area contributed by atoms with E-state index in [9.17, 15) is 4.79 Å². The third-order valence-electron chi connectivity index (χ3n) is 4.21. The number of hydrogen-bond acceptors (Lipinski definition) is 3. The Hall–Kier alpha value is -1.49. The van der Waals surface area contributed by atoms with E-state index >= 15 is 0 Å². The van der Waals surface area contributed by atoms with E-state index in [1.807, 2.05) is 46.3 Å². The molecule has 3 heterocycles. The highest BCUT2D eigenvalue weighted by atomic mass is 32.2. The molecule has 1 unspecified atom stereocenters. The summed E-state index contributed by atoms with van der Waals surface area (Å²) in [5.41, 5.74) is 2.65. The standard InChI is InChI=1S/C17H23N3OS/c1-3-22-14-6-4-5-8-19(11-14)17(21)16-15-10-13(2)7-9-20(15)12-18-16/h7,9-10,12,14H,3-6,8,11H2,1-2H3. The van der Waals surface area contributed by atoms with Crippen molar-refractivity contribution >= 4 is 23.2 Å². The molecule has 22 heavy (non-hydrogen) atoms. The average Bonchev–Trinajstić information content (AvgIpc) is 2.77. The monoisotopic (exact) mass is 317 g/mol. The zero-order valence-electron chi connectivity index (χ0n) is 13.3. The van der Waals surface area contributed by atoms with Crippen LogP contribution in [0.25, 0.3) is 5.52 Å². The Labute approximate surface area is 135 Å². The second kappa shape index (κ2) is 6.73. The number of nitrogens with zero attached hydrogens (tertiary/aromatic N) is 3. The molecule has 4 nitrogen and oxygen atoms in total. The van der Waals surface area contributed by atoms with Gasteiger partial charge in [0.15, 0.2) is 5.69 Å². The minimum atomic E-state index is 0.0803. The number of aryl methyl sites for hydroxylation is 1. The summed E-state index contributed by atoms with van der Waals surface area (Å²) >= 11 is 1.97. The molecule has 118 valence electrons. The molecule has 0 aliphatic carbocycles. The van der Waals surface area contributed by atoms with Crippen LogP contribution in [0, 0.1) is 6.92 Å². The lowest BCUT2D eigenvalue weighted by atomic mass is 10.2. The van der Waals surface area contributed by atoms with E-state index in [4.69, 9.17) is 0 Å². The molecule has 3 rings (SSSR count). The molecule has 2 aromatic heterocycles. The first-order valence-electron chi connectivity index (χ1n) is 8.03. The molecule has 0 spiro atoms. The van der Waals surface area contributed by atoms with Crippen molar-refractivity contribution in [1.29, 1.82) is 0 Å². The number of pyridine rings is 1. The van der Waals surface area contributed by atoms with Gasteiger partial charge in [0.2, 0.25) is 0 Å². The first-order valence-corrected chi connectivity index (χ1v) is 9.08. The molecule has 0 bridgehead atoms. The molecule has 0 saturated carbocycles. The average molecular weight is 317 g/mol. The van der Waals surface area contributed by atoms with Crippen molar-refractivity contribution in [2.45, 2.75) is 38.4 Å². The Morgan fingerprint density at radius 2 is 2.32 bits per heavy atom. The van der Waals surface area contributed by atoms with E-state index in [1.54, 1.807) is 6.33 Å². The Kier molecular flexibility index (Phi) is 4.71. The number of likely N-dealkylation sites (tertiary alicyclic amines) is 1. The molecule has 2 aromatic rings. The van der Waals surface area contributed by atoms with Gasteiger partial charge in [-0.1, -0.05) is 13.3 Å². The Morgan fingerprint density at radius 3 is 3.14 bits per heavy atom. The second-order valence-corrected chi connectivity index (χ2v) is 7.49. The van der Waals surface area contributed by atoms with E-state index in [-0.39, 0.29) is 5.91 Å². The number of aromatic nitrogens is 2. The van der Waals surface area contributed by atoms with Gasteiger partial charge in [-0.05, 0) is 43.2 Å². The molecule has 1 saturated heterocycles. The van der Waals surface area contributed by atoms with Crippen LogP contribution in [0.5, 0.6) is 0 Å². The fourth-order valence-corrected chi connectivity index (χ4v) is 4.16. The van der Waals surface area contributed by atoms with E-state index in [0.717, 1.165) is 36.3 Å². The maximum Gasteiger partial charge on any atom is 0.274 e. The van der Waals surface area contributed by atoms with Crippen LogP contribution in [-0.2, 0) is 0 Å². The van der Waals surface area contributed by atoms with Crippen molar-refractivity contribution in [2.75, 3.05) is 18.8 Å². The molecule has 0 aromatic carbocycles. The van der Waals surface area contributed by atoms with Gasteiger partial charge < -0.3 is 9.30 Å². The molecule has 1 aliphatic heterocycles. The number of rotatable bonds is 3. The van der Waals surface area contributed by atoms with E-state index in [0.29, 0.717) is 10.9 Å². The van der Waals surface area contributed by atoms with Gasteiger partial charge in [0.05, 0.1) is 5.52 Å². The number of thioether (sulfide) groups is 1. The molecule has 5 heteroatoms. The highest BCUT2D eigenvalue weighted by Crippen LogP contribution is 2.23. The molecule has 1 fully saturated rings. The van der Waals surface area contributed by atoms with Gasteiger partial charge in [-0.25, -0.2) is 4.98 Å². The van der Waals surface area contributed by atoms with E-state index in [1.165, 1.54) is 12.8 Å². The normalized spacial score (nSPS) is 19.4. The van der Waals surface area contributed by atoms with Gasteiger partial charge >= 0.3 is 0 Å². The predicted molar refractivity (Wildman–Crippen MR) is 91.6 cm³/mol. The minimum Gasteiger partial charge on any atom is -0.336 e. The number of carbonyl (C=O) groups excluding carboxylic acids is 1. The molecule has 1 amide bonds. The Morgan fingerprint density at radius 1 is 1.45 bits per heavy atom. The van der Waals surface area contributed by atoms with Crippen LogP contribution in [0.15, 0.2) is 24.7 Å². The fraction of sp³-hybridized carbons (Fsp3) is 0.529. The first kappa shape index (κ1) is 15.4. The van der Waals surface area contributed by atoms with Gasteiger partial charge in [-0.3, -0.25) is 4.79 Å². The summed E-state index contributed by atoms with van der Waals surface area (Å²) in [5.74, 6) is 1.19. The van der Waals surface area contributed by atoms with E-state index < -0.39 is 0 Å². The summed E-state index contributed by atoms with van der Waals surface area (Å²) in [4.78, 5) is 19.3. The summed E-state index contributed by atoms with van der Waals surface area (Å²) in [5, 5.41) is 0.562. The van der Waals surface area contributed by atoms with Crippen LogP contribution in [0.1, 0.15) is 42.2 Å². The summed E-state index contributed by atoms with van der Waals surface area (Å²) in [7, 11) is 0. The quantitative estimate of drug-likeness (QED) is 0.871. The van der Waals surface area contributed by atoms with Crippen molar-refractivity contribution in [1.82, 2.24) is 14.3 Å². The van der Waals surface area contributed by atoms with Crippen molar-refractivity contribution in [3.8, 4) is 0 Å². The SMILES string of the molecule is CCSC1CCCCN(C(=O)c2ncn3ccc(C)cc23)C1. The lowest BCUT2D eigenvalue weighted by Crippen LogP contribution is -2.36. The van der Waals surface area contributed by atoms with E-state index in [2.05, 4.69) is 11.9 Å². The largest absolute Gasteiger partial charge is 0.336 e. The summed E-state index contributed by atoms with van der Waals surface area (Å²) in [6, 6.07) is 4.07. The maximum atomic E-state index is 12.9. The topological polar surface area (TPSA) is 37.6 Å². The van der Waals surface area contributed by atoms with Crippen LogP contribution in [0.3, 0.4) is 0 Å². The first-order chi connectivity index (χ1) is 10.7. The van der Waals surface area contributed by atoms with Gasteiger partial charge in [0.25, 0.3) is 5.91 Å². The highest BCUT2D eigenvalue weighted by Gasteiger charge is 2.25. The molecule has 1 atom stereocenters. The van der Waals surface area contributed by atoms with Crippen molar-refractivity contribution < 1.29 is 4.79 Å². The number of fused-ring (bicyclic) bond motifs is 1. The fourth-order valence-electron chi connectivity index (χ4n) is 3.07. The number of imidazole rings is 1. The maximum absolute atomic E-state index is 12.9. The van der Waals surface area contributed by atoms with Crippen LogP contribution in [0.4, 0.5) is 0 Å². The minimum absolute atomic E-state index is 0.0803. The number of hydrogen-bond donors (Lipinski definition) is 0. The third-order valence-corrected chi connectivity index (χ3v) is 5.40. The second-order valence-electron chi connectivity index (χ2n) is 5.91. The molecular formula is C17H23N3OS. The molecule has 1 aliphatic rings. The van der Waals surface area contributed by atoms with Crippen LogP contribution >= 0.6 is 11.8 Å². The summed E-state index contributed by atoms with van der Waals surface area (Å²) < 4.78 is 1.93. The molecule has 0 radical (unpaired) electrons. The summed E-state index contributed by atoms with van der Waals surface area (Å²) in [6.45, 7) is 5.93. The van der Waals surface area contributed by atoms with Gasteiger partial charge in [0, 0.05) is 24.5 Å². The van der Waals surface area contributed by atoms with Gasteiger partial charge in [0.1, 0.15) is 6.33 Å². The zero-order chi connectivity index (χ0) is 15.5. The van der Waals surface area contributed by atoms with Crippen molar-refractivity contribution in [2.24, 2.45) is 0 Å². The number of amides is 1. The summed E-state index contributed by atoms with van der Waals surface area (Å²) in [6.07, 6.45) is 7.22. The zero-order valence-corrected chi connectivity index (χ0v) is 14.1. The third kappa shape index (κ3) is 3.14. The van der Waals surface area contributed by atoms with Gasteiger partial charge in [-0.15, -0.1) is 0 Å². The van der Waals surface area contributed by atoms with Crippen molar-refractivity contribution in [3.63, 3.8) is 0 Å². The van der Waals surface area contributed by atoms with Crippen LogP contribution < -0.4 is 0 Å². The van der Waals surface area contributed by atoms with Gasteiger partial charge in [-0.2, -0.15) is 11.8 Å². The number of carbonyl (C=O) groups is 1.